The summed E-state index contributed by atoms with van der Waals surface area (Å²) < 4.78 is 0. The minimum atomic E-state index is -1.23. The van der Waals surface area contributed by atoms with Gasteiger partial charge in [-0.3, -0.25) is 9.59 Å². The first kappa shape index (κ1) is 21.7. The smallest absolute Gasteiger partial charge is 0.405 e. The lowest BCUT2D eigenvalue weighted by molar-refractivity contribution is -0.119. The van der Waals surface area contributed by atoms with E-state index in [4.69, 9.17) is 0 Å². The molecule has 2 aromatic carbocycles. The maximum absolute atomic E-state index is 13.2. The van der Waals surface area contributed by atoms with Crippen molar-refractivity contribution in [3.05, 3.63) is 53.6 Å². The molecule has 174 valence electrons. The third kappa shape index (κ3) is 4.12. The third-order valence-electron chi connectivity index (χ3n) is 6.55. The van der Waals surface area contributed by atoms with E-state index in [2.05, 4.69) is 26.1 Å². The van der Waals surface area contributed by atoms with E-state index in [1.165, 1.54) is 0 Å². The molecule has 9 heteroatoms. The quantitative estimate of drug-likeness (QED) is 0.393. The molecule has 9 nitrogen and oxygen atoms in total. The number of carbonyl (C=O) groups is 3. The van der Waals surface area contributed by atoms with Crippen LogP contribution in [0, 0.1) is 5.92 Å². The molecule has 0 saturated heterocycles. The number of hydrogen-bond acceptors (Lipinski definition) is 4. The number of hydrogen-bond donors (Lipinski definition) is 5. The van der Waals surface area contributed by atoms with Crippen molar-refractivity contribution in [2.75, 3.05) is 5.32 Å². The van der Waals surface area contributed by atoms with Gasteiger partial charge in [-0.15, -0.1) is 0 Å². The number of anilines is 1. The molecular weight excluding hydrogens is 434 g/mol. The van der Waals surface area contributed by atoms with Gasteiger partial charge in [0.15, 0.2) is 0 Å². The van der Waals surface area contributed by atoms with Crippen molar-refractivity contribution in [3.8, 4) is 11.3 Å². The van der Waals surface area contributed by atoms with Gasteiger partial charge in [-0.1, -0.05) is 49.6 Å². The Labute approximate surface area is 195 Å². The lowest BCUT2D eigenvalue weighted by Crippen LogP contribution is -2.48. The van der Waals surface area contributed by atoms with E-state index in [1.807, 2.05) is 30.3 Å². The van der Waals surface area contributed by atoms with Gasteiger partial charge in [0, 0.05) is 22.2 Å². The van der Waals surface area contributed by atoms with Crippen LogP contribution in [0.3, 0.4) is 0 Å². The predicted molar refractivity (Wildman–Crippen MR) is 129 cm³/mol. The zero-order valence-electron chi connectivity index (χ0n) is 18.4. The van der Waals surface area contributed by atoms with Gasteiger partial charge in [-0.25, -0.2) is 10.2 Å². The summed E-state index contributed by atoms with van der Waals surface area (Å²) in [5.41, 5.74) is 6.49. The largest absolute Gasteiger partial charge is 0.465 e. The summed E-state index contributed by atoms with van der Waals surface area (Å²) in [4.78, 5) is 40.7. The van der Waals surface area contributed by atoms with Crippen LogP contribution in [0.2, 0.25) is 0 Å². The molecule has 1 atom stereocenters. The molecule has 5 rings (SSSR count). The molecule has 1 saturated carbocycles. The van der Waals surface area contributed by atoms with Crippen LogP contribution in [0.4, 0.5) is 10.5 Å². The highest BCUT2D eigenvalue weighted by Crippen LogP contribution is 2.35. The molecular formula is C25H25N5O4. The maximum Gasteiger partial charge on any atom is 0.405 e. The Morgan fingerprint density at radius 1 is 1.09 bits per heavy atom. The van der Waals surface area contributed by atoms with Crippen LogP contribution >= 0.6 is 0 Å². The van der Waals surface area contributed by atoms with Crippen molar-refractivity contribution in [2.24, 2.45) is 11.0 Å². The van der Waals surface area contributed by atoms with Crippen LogP contribution in [0.25, 0.3) is 22.2 Å². The normalized spacial score (nSPS) is 16.5. The molecule has 0 radical (unpaired) electrons. The summed E-state index contributed by atoms with van der Waals surface area (Å²) >= 11 is 0. The SMILES string of the molecule is O=C(O)N[C@H](C(=O)Nc1cc2c3c(c(-c4ccccc4)[nH]c3c1)C=NNC2=O)C1CCCCC1. The van der Waals surface area contributed by atoms with Crippen LogP contribution < -0.4 is 16.1 Å². The van der Waals surface area contributed by atoms with E-state index in [0.717, 1.165) is 48.9 Å². The van der Waals surface area contributed by atoms with Gasteiger partial charge >= 0.3 is 6.09 Å². The second-order valence-electron chi connectivity index (χ2n) is 8.74. The lowest BCUT2D eigenvalue weighted by atomic mass is 9.83. The minimum absolute atomic E-state index is 0.0615. The van der Waals surface area contributed by atoms with Crippen LogP contribution in [0.5, 0.6) is 0 Å². The Hall–Kier alpha value is -4.14. The molecule has 1 aliphatic heterocycles. The fraction of sp³-hybridized carbons (Fsp3) is 0.280. The molecule has 0 spiro atoms. The Morgan fingerprint density at radius 2 is 1.85 bits per heavy atom. The number of nitrogens with zero attached hydrogens (tertiary/aromatic N) is 1. The number of rotatable bonds is 5. The zero-order chi connectivity index (χ0) is 23.7. The molecule has 0 bridgehead atoms. The number of hydrazone groups is 1. The fourth-order valence-corrected chi connectivity index (χ4v) is 5.00. The molecule has 2 aliphatic rings. The van der Waals surface area contributed by atoms with E-state index in [-0.39, 0.29) is 11.8 Å². The topological polar surface area (TPSA) is 136 Å². The highest BCUT2D eigenvalue weighted by molar-refractivity contribution is 6.18. The van der Waals surface area contributed by atoms with Gasteiger partial charge in [0.05, 0.1) is 17.5 Å². The average Bonchev–Trinajstić information content (AvgIpc) is 3.12. The molecule has 5 N–H and O–H groups in total. The standard InChI is InChI=1S/C25H25N5O4/c31-23-17-11-16(27-24(32)22(29-25(33)34)15-9-5-2-6-10-15)12-19-20(17)18(13-26-30-23)21(28-19)14-7-3-1-4-8-14/h1,3-4,7-8,11-13,15,22,28-29H,2,5-6,9-10H2,(H,27,32)(H,30,31)(H,33,34)/t22-/m0/s1. The summed E-state index contributed by atoms with van der Waals surface area (Å²) in [6, 6.07) is 12.2. The second kappa shape index (κ2) is 9.01. The molecule has 34 heavy (non-hydrogen) atoms. The second-order valence-corrected chi connectivity index (χ2v) is 8.74. The molecule has 3 amide bonds. The van der Waals surface area contributed by atoms with Crippen LogP contribution in [0.1, 0.15) is 48.0 Å². The third-order valence-corrected chi connectivity index (χ3v) is 6.55. The Bertz CT molecular complexity index is 1290. The number of benzene rings is 2. The van der Waals surface area contributed by atoms with E-state index in [0.29, 0.717) is 22.2 Å². The van der Waals surface area contributed by atoms with E-state index >= 15 is 0 Å². The number of amides is 3. The molecule has 1 aromatic heterocycles. The number of carbonyl (C=O) groups excluding carboxylic acids is 2. The molecule has 1 fully saturated rings. The number of aromatic nitrogens is 1. The molecule has 0 unspecified atom stereocenters. The number of nitrogens with one attached hydrogen (secondary N) is 4. The summed E-state index contributed by atoms with van der Waals surface area (Å²) in [5, 5.41) is 19.3. The monoisotopic (exact) mass is 459 g/mol. The highest BCUT2D eigenvalue weighted by atomic mass is 16.4. The first-order valence-corrected chi connectivity index (χ1v) is 11.4. The predicted octanol–water partition coefficient (Wildman–Crippen LogP) is 4.07. The van der Waals surface area contributed by atoms with Gasteiger partial charge in [-0.2, -0.15) is 5.10 Å². The van der Waals surface area contributed by atoms with E-state index in [1.54, 1.807) is 18.3 Å². The summed E-state index contributed by atoms with van der Waals surface area (Å²) in [6.07, 6.45) is 5.01. The van der Waals surface area contributed by atoms with Crippen LogP contribution in [-0.4, -0.2) is 40.3 Å². The van der Waals surface area contributed by atoms with E-state index in [9.17, 15) is 19.5 Å². The number of carboxylic acid groups (broad SMARTS) is 1. The van der Waals surface area contributed by atoms with Crippen molar-refractivity contribution in [2.45, 2.75) is 38.1 Å². The van der Waals surface area contributed by atoms with Gasteiger partial charge in [0.25, 0.3) is 5.91 Å². The first-order valence-electron chi connectivity index (χ1n) is 11.4. The molecule has 1 aliphatic carbocycles. The van der Waals surface area contributed by atoms with Crippen molar-refractivity contribution < 1.29 is 19.5 Å². The average molecular weight is 460 g/mol. The van der Waals surface area contributed by atoms with Gasteiger partial charge in [0.2, 0.25) is 5.91 Å². The number of H-pyrrole nitrogens is 1. The van der Waals surface area contributed by atoms with Gasteiger partial charge in [0.1, 0.15) is 6.04 Å². The van der Waals surface area contributed by atoms with Gasteiger partial charge < -0.3 is 20.7 Å². The lowest BCUT2D eigenvalue weighted by Gasteiger charge is -2.29. The van der Waals surface area contributed by atoms with Gasteiger partial charge in [-0.05, 0) is 36.5 Å². The summed E-state index contributed by atoms with van der Waals surface area (Å²) in [7, 11) is 0. The van der Waals surface area contributed by atoms with Crippen molar-refractivity contribution in [1.82, 2.24) is 15.7 Å². The zero-order valence-corrected chi connectivity index (χ0v) is 18.4. The summed E-state index contributed by atoms with van der Waals surface area (Å²) in [5.74, 6) is -0.878. The summed E-state index contributed by atoms with van der Waals surface area (Å²) in [6.45, 7) is 0. The first-order chi connectivity index (χ1) is 16.5. The van der Waals surface area contributed by atoms with Crippen LogP contribution in [0.15, 0.2) is 47.6 Å². The minimum Gasteiger partial charge on any atom is -0.465 e. The molecule has 3 aromatic rings. The number of aromatic amines is 1. The molecule has 2 heterocycles. The van der Waals surface area contributed by atoms with Crippen molar-refractivity contribution in [1.29, 1.82) is 0 Å². The fourth-order valence-electron chi connectivity index (χ4n) is 5.00. The highest BCUT2D eigenvalue weighted by Gasteiger charge is 2.31. The van der Waals surface area contributed by atoms with Crippen molar-refractivity contribution in [3.63, 3.8) is 0 Å². The Kier molecular flexibility index (Phi) is 5.75. The Morgan fingerprint density at radius 3 is 2.59 bits per heavy atom. The van der Waals surface area contributed by atoms with Crippen LogP contribution in [-0.2, 0) is 4.79 Å². The van der Waals surface area contributed by atoms with Crippen molar-refractivity contribution >= 4 is 40.7 Å². The van der Waals surface area contributed by atoms with E-state index < -0.39 is 18.0 Å². The maximum atomic E-state index is 13.2. The Balaban J connectivity index is 1.53.